The lowest BCUT2D eigenvalue weighted by Gasteiger charge is -2.17. The number of hydrogen-bond donors (Lipinski definition) is 1. The Labute approximate surface area is 163 Å². The molecule has 1 heterocycles. The number of nitrogens with one attached hydrogen (secondary N) is 1. The fraction of sp³-hybridized carbons (Fsp3) is 0.263. The number of amides is 1. The first kappa shape index (κ1) is 19.5. The predicted octanol–water partition coefficient (Wildman–Crippen LogP) is 2.12. The molecule has 9 heteroatoms. The molecule has 1 fully saturated rings. The van der Waals surface area contributed by atoms with Crippen molar-refractivity contribution in [2.75, 3.05) is 35.6 Å². The van der Waals surface area contributed by atoms with Crippen LogP contribution in [0.5, 0.6) is 11.5 Å². The van der Waals surface area contributed by atoms with Crippen LogP contribution in [0.3, 0.4) is 0 Å². The first-order valence-electron chi connectivity index (χ1n) is 8.54. The van der Waals surface area contributed by atoms with Crippen LogP contribution < -0.4 is 19.1 Å². The first-order chi connectivity index (χ1) is 13.4. The minimum Gasteiger partial charge on any atom is -0.493 e. The van der Waals surface area contributed by atoms with Gasteiger partial charge in [-0.3, -0.25) is 9.10 Å². The predicted molar refractivity (Wildman–Crippen MR) is 104 cm³/mol. The fourth-order valence-electron chi connectivity index (χ4n) is 2.84. The van der Waals surface area contributed by atoms with Crippen LogP contribution in [0.25, 0.3) is 0 Å². The number of hydrogen-bond acceptors (Lipinski definition) is 6. The summed E-state index contributed by atoms with van der Waals surface area (Å²) in [5.41, 5.74) is 1.53. The van der Waals surface area contributed by atoms with Gasteiger partial charge in [0.15, 0.2) is 18.1 Å². The second-order valence-corrected chi connectivity index (χ2v) is 8.12. The number of carbonyl (C=O) groups excluding carboxylic acids is 1. The van der Waals surface area contributed by atoms with Gasteiger partial charge in [0.2, 0.25) is 10.0 Å². The average molecular weight is 401 g/mol. The molecular weight excluding hydrogens is 382 g/mol. The van der Waals surface area contributed by atoms with Gasteiger partial charge in [0, 0.05) is 18.3 Å². The van der Waals surface area contributed by atoms with E-state index in [0.717, 1.165) is 0 Å². The largest absolute Gasteiger partial charge is 0.493 e. The number of methoxy groups -OCH3 is 1. The second kappa shape index (κ2) is 8.19. The summed E-state index contributed by atoms with van der Waals surface area (Å²) in [6, 6.07) is 13.3. The molecule has 8 nitrogen and oxygen atoms in total. The van der Waals surface area contributed by atoms with Gasteiger partial charge in [-0.15, -0.1) is 0 Å². The number of nitrogens with zero attached hydrogens (tertiary/aromatic N) is 2. The van der Waals surface area contributed by atoms with Gasteiger partial charge >= 0.3 is 0 Å². The van der Waals surface area contributed by atoms with Crippen LogP contribution in [0.4, 0.5) is 11.4 Å². The van der Waals surface area contributed by atoms with Gasteiger partial charge in [-0.05, 0) is 42.8 Å². The van der Waals surface area contributed by atoms with Gasteiger partial charge < -0.3 is 14.8 Å². The maximum atomic E-state index is 12.1. The lowest BCUT2D eigenvalue weighted by molar-refractivity contribution is -0.118. The van der Waals surface area contributed by atoms with E-state index in [1.54, 1.807) is 36.4 Å². The Kier molecular flexibility index (Phi) is 5.70. The molecule has 1 aliphatic rings. The summed E-state index contributed by atoms with van der Waals surface area (Å²) < 4.78 is 35.9. The molecule has 0 spiro atoms. The molecule has 0 radical (unpaired) electrons. The van der Waals surface area contributed by atoms with Gasteiger partial charge in [-0.25, -0.2) is 8.42 Å². The third-order valence-electron chi connectivity index (χ3n) is 4.19. The van der Waals surface area contributed by atoms with Crippen LogP contribution in [0.2, 0.25) is 0 Å². The van der Waals surface area contributed by atoms with Crippen LogP contribution in [-0.4, -0.2) is 40.3 Å². The molecule has 0 aliphatic carbocycles. The van der Waals surface area contributed by atoms with E-state index in [1.165, 1.54) is 17.5 Å². The van der Waals surface area contributed by atoms with E-state index >= 15 is 0 Å². The zero-order chi connectivity index (χ0) is 20.1. The Morgan fingerprint density at radius 2 is 1.96 bits per heavy atom. The molecule has 28 heavy (non-hydrogen) atoms. The van der Waals surface area contributed by atoms with Crippen LogP contribution in [0.15, 0.2) is 42.5 Å². The topological polar surface area (TPSA) is 109 Å². The molecule has 0 bridgehead atoms. The highest BCUT2D eigenvalue weighted by molar-refractivity contribution is 7.93. The Balaban J connectivity index is 1.59. The van der Waals surface area contributed by atoms with Crippen molar-refractivity contribution >= 4 is 27.3 Å². The van der Waals surface area contributed by atoms with Crippen molar-refractivity contribution < 1.29 is 22.7 Å². The third-order valence-corrected chi connectivity index (χ3v) is 6.06. The minimum atomic E-state index is -3.23. The van der Waals surface area contributed by atoms with E-state index in [9.17, 15) is 13.2 Å². The van der Waals surface area contributed by atoms with Crippen molar-refractivity contribution in [2.45, 2.75) is 6.42 Å². The number of carbonyl (C=O) groups is 1. The molecule has 3 rings (SSSR count). The number of benzene rings is 2. The van der Waals surface area contributed by atoms with E-state index in [2.05, 4.69) is 5.32 Å². The van der Waals surface area contributed by atoms with Crippen molar-refractivity contribution in [1.29, 1.82) is 5.26 Å². The molecule has 1 saturated heterocycles. The number of nitriles is 1. The van der Waals surface area contributed by atoms with Gasteiger partial charge in [0.25, 0.3) is 5.91 Å². The van der Waals surface area contributed by atoms with Crippen LogP contribution in [0, 0.1) is 11.3 Å². The molecular formula is C19H19N3O5S. The zero-order valence-electron chi connectivity index (χ0n) is 15.2. The summed E-state index contributed by atoms with van der Waals surface area (Å²) >= 11 is 0. The minimum absolute atomic E-state index is 0.154. The molecule has 1 aliphatic heterocycles. The smallest absolute Gasteiger partial charge is 0.262 e. The van der Waals surface area contributed by atoms with Crippen molar-refractivity contribution in [1.82, 2.24) is 0 Å². The van der Waals surface area contributed by atoms with Crippen LogP contribution >= 0.6 is 0 Å². The Hall–Kier alpha value is -3.25. The highest BCUT2D eigenvalue weighted by Crippen LogP contribution is 2.28. The summed E-state index contributed by atoms with van der Waals surface area (Å²) in [6.07, 6.45) is 0.608. The molecule has 1 N–H and O–H groups in total. The summed E-state index contributed by atoms with van der Waals surface area (Å²) in [6.45, 7) is 0.221. The Morgan fingerprint density at radius 3 is 2.57 bits per heavy atom. The summed E-state index contributed by atoms with van der Waals surface area (Å²) in [4.78, 5) is 12.1. The SMILES string of the molecule is COc1cc(C#N)ccc1OCC(=O)Nc1ccc(N2CCCS2(=O)=O)cc1. The van der Waals surface area contributed by atoms with E-state index in [4.69, 9.17) is 14.7 Å². The first-order valence-corrected chi connectivity index (χ1v) is 10.1. The lowest BCUT2D eigenvalue weighted by Crippen LogP contribution is -2.25. The molecule has 2 aromatic rings. The number of rotatable bonds is 6. The molecule has 146 valence electrons. The van der Waals surface area contributed by atoms with E-state index in [0.29, 0.717) is 41.4 Å². The van der Waals surface area contributed by atoms with Gasteiger partial charge in [0.05, 0.1) is 30.2 Å². The molecule has 0 saturated carbocycles. The Bertz CT molecular complexity index is 1010. The van der Waals surface area contributed by atoms with E-state index < -0.39 is 10.0 Å². The normalized spacial score (nSPS) is 14.9. The number of ether oxygens (including phenoxy) is 2. The fourth-order valence-corrected chi connectivity index (χ4v) is 4.40. The van der Waals surface area contributed by atoms with Crippen molar-refractivity contribution in [3.05, 3.63) is 48.0 Å². The average Bonchev–Trinajstić information content (AvgIpc) is 3.05. The maximum absolute atomic E-state index is 12.1. The van der Waals surface area contributed by atoms with Gasteiger partial charge in [0.1, 0.15) is 0 Å². The molecule has 2 aromatic carbocycles. The lowest BCUT2D eigenvalue weighted by atomic mass is 10.2. The van der Waals surface area contributed by atoms with Crippen LogP contribution in [-0.2, 0) is 14.8 Å². The summed E-state index contributed by atoms with van der Waals surface area (Å²) in [5, 5.41) is 11.6. The number of sulfonamides is 1. The molecule has 0 unspecified atom stereocenters. The second-order valence-electron chi connectivity index (χ2n) is 6.10. The van der Waals surface area contributed by atoms with Gasteiger partial charge in [-0.1, -0.05) is 0 Å². The number of anilines is 2. The van der Waals surface area contributed by atoms with Gasteiger partial charge in [-0.2, -0.15) is 5.26 Å². The highest BCUT2D eigenvalue weighted by atomic mass is 32.2. The monoisotopic (exact) mass is 401 g/mol. The maximum Gasteiger partial charge on any atom is 0.262 e. The van der Waals surface area contributed by atoms with Crippen molar-refractivity contribution in [2.24, 2.45) is 0 Å². The van der Waals surface area contributed by atoms with E-state index in [-0.39, 0.29) is 18.3 Å². The summed E-state index contributed by atoms with van der Waals surface area (Å²) in [7, 11) is -1.78. The molecule has 0 atom stereocenters. The molecule has 1 amide bonds. The molecule has 0 aromatic heterocycles. The zero-order valence-corrected chi connectivity index (χ0v) is 16.0. The van der Waals surface area contributed by atoms with Crippen LogP contribution in [0.1, 0.15) is 12.0 Å². The Morgan fingerprint density at radius 1 is 1.21 bits per heavy atom. The third kappa shape index (κ3) is 4.35. The standard InChI is InChI=1S/C19H19N3O5S/c1-26-18-11-14(12-20)3-8-17(18)27-13-19(23)21-15-4-6-16(7-5-15)22-9-2-10-28(22,24)25/h3-8,11H,2,9-10,13H2,1H3,(H,21,23). The van der Waals surface area contributed by atoms with Crippen molar-refractivity contribution in [3.63, 3.8) is 0 Å². The van der Waals surface area contributed by atoms with E-state index in [1.807, 2.05) is 6.07 Å². The quantitative estimate of drug-likeness (QED) is 0.794. The summed E-state index contributed by atoms with van der Waals surface area (Å²) in [5.74, 6) is 0.490. The van der Waals surface area contributed by atoms with Crippen molar-refractivity contribution in [3.8, 4) is 17.6 Å². The highest BCUT2D eigenvalue weighted by Gasteiger charge is 2.28.